The van der Waals surface area contributed by atoms with Crippen molar-refractivity contribution in [3.8, 4) is 0 Å². The molecule has 3 rings (SSSR count). The normalized spacial score (nSPS) is 15.9. The molecule has 1 aliphatic rings. The zero-order valence-electron chi connectivity index (χ0n) is 11.6. The summed E-state index contributed by atoms with van der Waals surface area (Å²) in [5, 5.41) is 7.75. The van der Waals surface area contributed by atoms with Gasteiger partial charge in [0.05, 0.1) is 18.0 Å². The van der Waals surface area contributed by atoms with Crippen molar-refractivity contribution in [2.75, 3.05) is 13.7 Å². The first-order chi connectivity index (χ1) is 10.1. The van der Waals surface area contributed by atoms with E-state index in [1.807, 2.05) is 10.6 Å². The number of benzene rings is 1. The predicted octanol–water partition coefficient (Wildman–Crippen LogP) is 0.629. The smallest absolute Gasteiger partial charge is 0.243 e. The first-order valence-corrected chi connectivity index (χ1v) is 8.00. The number of methoxy groups -OCH3 is 1. The summed E-state index contributed by atoms with van der Waals surface area (Å²) in [6.45, 7) is 1.62. The van der Waals surface area contributed by atoms with Gasteiger partial charge in [-0.25, -0.2) is 8.42 Å². The average Bonchev–Trinajstić information content (AvgIpc) is 2.95. The van der Waals surface area contributed by atoms with Crippen molar-refractivity contribution in [1.82, 2.24) is 19.1 Å². The minimum atomic E-state index is -3.53. The molecule has 1 aromatic carbocycles. The maximum atomic E-state index is 12.7. The molecule has 1 aromatic heterocycles. The number of fused-ring (bicyclic) bond motifs is 1. The van der Waals surface area contributed by atoms with E-state index in [9.17, 15) is 8.42 Å². The van der Waals surface area contributed by atoms with E-state index in [4.69, 9.17) is 4.74 Å². The van der Waals surface area contributed by atoms with Crippen LogP contribution in [0.1, 0.15) is 11.4 Å². The Kier molecular flexibility index (Phi) is 3.75. The standard InChI is InChI=1S/C13H16N4O3S/c1-20-9-11-3-2-4-12(7-11)21(18,19)17-6-5-16-10-14-15-13(16)8-17/h2-4,7,10H,5-6,8-9H2,1H3. The van der Waals surface area contributed by atoms with E-state index in [0.717, 1.165) is 5.56 Å². The molecule has 0 unspecified atom stereocenters. The summed E-state index contributed by atoms with van der Waals surface area (Å²) in [5.74, 6) is 0.665. The van der Waals surface area contributed by atoms with Gasteiger partial charge in [-0.2, -0.15) is 4.31 Å². The molecule has 8 heteroatoms. The van der Waals surface area contributed by atoms with Crippen LogP contribution < -0.4 is 0 Å². The number of nitrogens with zero attached hydrogens (tertiary/aromatic N) is 4. The highest BCUT2D eigenvalue weighted by Gasteiger charge is 2.29. The van der Waals surface area contributed by atoms with Crippen molar-refractivity contribution < 1.29 is 13.2 Å². The minimum Gasteiger partial charge on any atom is -0.380 e. The SMILES string of the molecule is COCc1cccc(S(=O)(=O)N2CCn3cnnc3C2)c1. The maximum Gasteiger partial charge on any atom is 0.243 e. The van der Waals surface area contributed by atoms with Crippen LogP contribution in [-0.2, 0) is 34.5 Å². The highest BCUT2D eigenvalue weighted by Crippen LogP contribution is 2.21. The Hall–Kier alpha value is -1.77. The van der Waals surface area contributed by atoms with Crippen LogP contribution in [-0.4, -0.2) is 41.1 Å². The fourth-order valence-corrected chi connectivity index (χ4v) is 3.82. The van der Waals surface area contributed by atoms with Gasteiger partial charge in [0.25, 0.3) is 0 Å². The van der Waals surface area contributed by atoms with Gasteiger partial charge in [0.2, 0.25) is 10.0 Å². The summed E-state index contributed by atoms with van der Waals surface area (Å²) in [7, 11) is -1.94. The first-order valence-electron chi connectivity index (χ1n) is 6.56. The highest BCUT2D eigenvalue weighted by molar-refractivity contribution is 7.89. The van der Waals surface area contributed by atoms with Crippen LogP contribution in [0.15, 0.2) is 35.5 Å². The van der Waals surface area contributed by atoms with E-state index in [1.165, 1.54) is 4.31 Å². The Morgan fingerprint density at radius 1 is 1.33 bits per heavy atom. The molecule has 0 spiro atoms. The second kappa shape index (κ2) is 5.55. The number of aromatic nitrogens is 3. The molecular formula is C13H16N4O3S. The third-order valence-electron chi connectivity index (χ3n) is 3.45. The molecule has 0 atom stereocenters. The summed E-state index contributed by atoms with van der Waals surface area (Å²) in [5.41, 5.74) is 0.832. The Morgan fingerprint density at radius 3 is 3.00 bits per heavy atom. The third-order valence-corrected chi connectivity index (χ3v) is 5.29. The van der Waals surface area contributed by atoms with Gasteiger partial charge in [-0.1, -0.05) is 12.1 Å². The topological polar surface area (TPSA) is 77.3 Å². The molecule has 0 aliphatic carbocycles. The summed E-state index contributed by atoms with van der Waals surface area (Å²) < 4.78 is 33.8. The Bertz CT molecular complexity index is 741. The second-order valence-electron chi connectivity index (χ2n) is 4.86. The van der Waals surface area contributed by atoms with Gasteiger partial charge in [-0.15, -0.1) is 10.2 Å². The summed E-state index contributed by atoms with van der Waals surface area (Å²) in [6, 6.07) is 6.83. The molecule has 0 fully saturated rings. The highest BCUT2D eigenvalue weighted by atomic mass is 32.2. The minimum absolute atomic E-state index is 0.247. The van der Waals surface area contributed by atoms with Gasteiger partial charge in [-0.3, -0.25) is 0 Å². The predicted molar refractivity (Wildman–Crippen MR) is 74.8 cm³/mol. The molecule has 0 radical (unpaired) electrons. The lowest BCUT2D eigenvalue weighted by Crippen LogP contribution is -2.38. The van der Waals surface area contributed by atoms with Crippen LogP contribution in [0.25, 0.3) is 0 Å². The second-order valence-corrected chi connectivity index (χ2v) is 6.80. The van der Waals surface area contributed by atoms with Gasteiger partial charge in [0.1, 0.15) is 12.2 Å². The zero-order chi connectivity index (χ0) is 14.9. The molecular weight excluding hydrogens is 292 g/mol. The molecule has 0 saturated heterocycles. The number of sulfonamides is 1. The van der Waals surface area contributed by atoms with Crippen LogP contribution in [0, 0.1) is 0 Å². The fraction of sp³-hybridized carbons (Fsp3) is 0.385. The van der Waals surface area contributed by atoms with Crippen LogP contribution in [0.5, 0.6) is 0 Å². The van der Waals surface area contributed by atoms with Gasteiger partial charge < -0.3 is 9.30 Å². The molecule has 2 heterocycles. The largest absolute Gasteiger partial charge is 0.380 e. The molecule has 0 saturated carbocycles. The van der Waals surface area contributed by atoms with E-state index >= 15 is 0 Å². The van der Waals surface area contributed by atoms with Crippen LogP contribution in [0.4, 0.5) is 0 Å². The van der Waals surface area contributed by atoms with Crippen LogP contribution in [0.2, 0.25) is 0 Å². The average molecular weight is 308 g/mol. The van der Waals surface area contributed by atoms with E-state index in [1.54, 1.807) is 31.6 Å². The van der Waals surface area contributed by atoms with E-state index in [2.05, 4.69) is 10.2 Å². The van der Waals surface area contributed by atoms with E-state index < -0.39 is 10.0 Å². The van der Waals surface area contributed by atoms with E-state index in [-0.39, 0.29) is 11.4 Å². The Morgan fingerprint density at radius 2 is 2.19 bits per heavy atom. The van der Waals surface area contributed by atoms with Crippen molar-refractivity contribution in [3.05, 3.63) is 42.0 Å². The number of ether oxygens (including phenoxy) is 1. The Labute approximate surface area is 123 Å². The summed E-state index contributed by atoms with van der Waals surface area (Å²) in [4.78, 5) is 0.282. The fourth-order valence-electron chi connectivity index (χ4n) is 2.36. The van der Waals surface area contributed by atoms with Gasteiger partial charge in [-0.05, 0) is 17.7 Å². The molecule has 0 bridgehead atoms. The van der Waals surface area contributed by atoms with Gasteiger partial charge in [0, 0.05) is 20.2 Å². The monoisotopic (exact) mass is 308 g/mol. The van der Waals surface area contributed by atoms with Crippen molar-refractivity contribution in [2.24, 2.45) is 0 Å². The summed E-state index contributed by atoms with van der Waals surface area (Å²) in [6.07, 6.45) is 1.62. The molecule has 21 heavy (non-hydrogen) atoms. The number of hydrogen-bond donors (Lipinski definition) is 0. The molecule has 2 aromatic rings. The van der Waals surface area contributed by atoms with Gasteiger partial charge in [0.15, 0.2) is 0 Å². The number of hydrogen-bond acceptors (Lipinski definition) is 5. The van der Waals surface area contributed by atoms with Crippen molar-refractivity contribution in [1.29, 1.82) is 0 Å². The molecule has 0 N–H and O–H groups in total. The Balaban J connectivity index is 1.89. The lowest BCUT2D eigenvalue weighted by molar-refractivity contribution is 0.184. The van der Waals surface area contributed by atoms with Gasteiger partial charge >= 0.3 is 0 Å². The van der Waals surface area contributed by atoms with Crippen molar-refractivity contribution >= 4 is 10.0 Å². The first kappa shape index (κ1) is 14.2. The third kappa shape index (κ3) is 2.69. The van der Waals surface area contributed by atoms with Crippen LogP contribution >= 0.6 is 0 Å². The lowest BCUT2D eigenvalue weighted by atomic mass is 10.2. The van der Waals surface area contributed by atoms with Crippen LogP contribution in [0.3, 0.4) is 0 Å². The maximum absolute atomic E-state index is 12.7. The molecule has 112 valence electrons. The molecule has 7 nitrogen and oxygen atoms in total. The van der Waals surface area contributed by atoms with Crippen molar-refractivity contribution in [3.63, 3.8) is 0 Å². The molecule has 0 amide bonds. The van der Waals surface area contributed by atoms with E-state index in [0.29, 0.717) is 25.5 Å². The van der Waals surface area contributed by atoms with Crippen molar-refractivity contribution in [2.45, 2.75) is 24.6 Å². The zero-order valence-corrected chi connectivity index (χ0v) is 12.5. The lowest BCUT2D eigenvalue weighted by Gasteiger charge is -2.26. The quantitative estimate of drug-likeness (QED) is 0.828. The number of rotatable bonds is 4. The molecule has 1 aliphatic heterocycles. The summed E-state index contributed by atoms with van der Waals surface area (Å²) >= 11 is 0.